The molecule has 3 amide bonds. The quantitative estimate of drug-likeness (QED) is 0.835. The van der Waals surface area contributed by atoms with Crippen molar-refractivity contribution in [2.45, 2.75) is 38.5 Å². The highest BCUT2D eigenvalue weighted by atomic mass is 32.2. The van der Waals surface area contributed by atoms with E-state index < -0.39 is 0 Å². The van der Waals surface area contributed by atoms with Crippen molar-refractivity contribution in [3.63, 3.8) is 0 Å². The van der Waals surface area contributed by atoms with E-state index in [4.69, 9.17) is 0 Å². The molecule has 2 rings (SSSR count). The molecule has 19 heavy (non-hydrogen) atoms. The molecule has 2 fully saturated rings. The van der Waals surface area contributed by atoms with Gasteiger partial charge in [0, 0.05) is 19.5 Å². The molecule has 0 atom stereocenters. The third kappa shape index (κ3) is 4.23. The summed E-state index contributed by atoms with van der Waals surface area (Å²) in [5.74, 6) is 0.629. The van der Waals surface area contributed by atoms with Gasteiger partial charge in [0.25, 0.3) is 5.24 Å². The Labute approximate surface area is 117 Å². The average Bonchev–Trinajstić information content (AvgIpc) is 2.71. The Morgan fingerprint density at radius 2 is 2.00 bits per heavy atom. The predicted octanol–water partition coefficient (Wildman–Crippen LogP) is 1.77. The van der Waals surface area contributed by atoms with Crippen LogP contribution in [-0.4, -0.2) is 40.8 Å². The molecule has 1 heterocycles. The van der Waals surface area contributed by atoms with E-state index in [-0.39, 0.29) is 22.8 Å². The van der Waals surface area contributed by atoms with Gasteiger partial charge < -0.3 is 5.32 Å². The molecule has 106 valence electrons. The van der Waals surface area contributed by atoms with Gasteiger partial charge in [0.15, 0.2) is 0 Å². The van der Waals surface area contributed by atoms with Crippen LogP contribution < -0.4 is 5.32 Å². The van der Waals surface area contributed by atoms with E-state index in [9.17, 15) is 14.4 Å². The summed E-state index contributed by atoms with van der Waals surface area (Å²) in [7, 11) is 0. The molecule has 0 aromatic carbocycles. The second kappa shape index (κ2) is 6.93. The molecule has 6 heteroatoms. The lowest BCUT2D eigenvalue weighted by Gasteiger charge is -2.21. The van der Waals surface area contributed by atoms with Crippen molar-refractivity contribution in [1.82, 2.24) is 10.2 Å². The lowest BCUT2D eigenvalue weighted by Crippen LogP contribution is -2.38. The number of nitrogens with one attached hydrogen (secondary N) is 1. The first kappa shape index (κ1) is 14.4. The third-order valence-corrected chi connectivity index (χ3v) is 4.56. The van der Waals surface area contributed by atoms with E-state index in [1.807, 2.05) is 0 Å². The highest BCUT2D eigenvalue weighted by Crippen LogP contribution is 2.26. The summed E-state index contributed by atoms with van der Waals surface area (Å²) in [6.45, 7) is 0.657. The fourth-order valence-corrected chi connectivity index (χ4v) is 3.38. The summed E-state index contributed by atoms with van der Waals surface area (Å²) in [6.07, 6.45) is 6.61. The number of carbonyl (C=O) groups excluding carboxylic acids is 3. The largest absolute Gasteiger partial charge is 0.354 e. The van der Waals surface area contributed by atoms with Crippen molar-refractivity contribution < 1.29 is 14.4 Å². The minimum Gasteiger partial charge on any atom is -0.354 e. The van der Waals surface area contributed by atoms with Crippen LogP contribution in [0.1, 0.15) is 38.5 Å². The Hall–Kier alpha value is -1.04. The number of carbonyl (C=O) groups is 3. The zero-order valence-corrected chi connectivity index (χ0v) is 11.8. The minimum atomic E-state index is -0.202. The smallest absolute Gasteiger partial charge is 0.288 e. The molecule has 1 saturated heterocycles. The molecule has 1 aliphatic heterocycles. The van der Waals surface area contributed by atoms with Crippen LogP contribution in [0.2, 0.25) is 0 Å². The molecule has 0 unspecified atom stereocenters. The summed E-state index contributed by atoms with van der Waals surface area (Å²) in [5, 5.41) is 2.60. The first-order chi connectivity index (χ1) is 9.16. The number of hydrogen-bond acceptors (Lipinski definition) is 4. The number of imide groups is 1. The van der Waals surface area contributed by atoms with Gasteiger partial charge in [0.05, 0.1) is 5.75 Å². The van der Waals surface area contributed by atoms with Crippen molar-refractivity contribution in [1.29, 1.82) is 0 Å². The molecule has 0 aromatic heterocycles. The van der Waals surface area contributed by atoms with Gasteiger partial charge >= 0.3 is 0 Å². The maximum absolute atomic E-state index is 11.7. The Balaban J connectivity index is 1.63. The number of thioether (sulfide) groups is 1. The fourth-order valence-electron chi connectivity index (χ4n) is 2.63. The molecular weight excluding hydrogens is 264 g/mol. The van der Waals surface area contributed by atoms with Gasteiger partial charge in [-0.15, -0.1) is 0 Å². The Kier molecular flexibility index (Phi) is 5.24. The zero-order valence-electron chi connectivity index (χ0n) is 11.0. The highest BCUT2D eigenvalue weighted by Gasteiger charge is 2.29. The standard InChI is InChI=1S/C13H20N2O3S/c16-11(8-10-4-2-1-3-5-10)14-6-7-15-12(17)9-19-13(15)18/h10H,1-9H2,(H,14,16). The molecule has 0 spiro atoms. The number of rotatable bonds is 5. The van der Waals surface area contributed by atoms with Gasteiger partial charge in [-0.1, -0.05) is 31.0 Å². The molecule has 1 N–H and O–H groups in total. The van der Waals surface area contributed by atoms with E-state index in [1.54, 1.807) is 0 Å². The van der Waals surface area contributed by atoms with Gasteiger partial charge in [-0.05, 0) is 18.8 Å². The monoisotopic (exact) mass is 284 g/mol. The zero-order chi connectivity index (χ0) is 13.7. The van der Waals surface area contributed by atoms with E-state index >= 15 is 0 Å². The van der Waals surface area contributed by atoms with E-state index in [0.717, 1.165) is 24.6 Å². The lowest BCUT2D eigenvalue weighted by molar-refractivity contribution is -0.126. The molecule has 0 radical (unpaired) electrons. The maximum atomic E-state index is 11.7. The molecule has 1 aliphatic carbocycles. The SMILES string of the molecule is O=C(CC1CCCCC1)NCCN1C(=O)CSC1=O. The van der Waals surface area contributed by atoms with Crippen LogP contribution in [0, 0.1) is 5.92 Å². The molecular formula is C13H20N2O3S. The number of hydrogen-bond donors (Lipinski definition) is 1. The second-order valence-corrected chi connectivity index (χ2v) is 6.08. The predicted molar refractivity (Wildman–Crippen MR) is 73.8 cm³/mol. The van der Waals surface area contributed by atoms with E-state index in [2.05, 4.69) is 5.32 Å². The second-order valence-electron chi connectivity index (χ2n) is 5.16. The number of nitrogens with zero attached hydrogens (tertiary/aromatic N) is 1. The van der Waals surface area contributed by atoms with Gasteiger partial charge in [-0.2, -0.15) is 0 Å². The maximum Gasteiger partial charge on any atom is 0.288 e. The fraction of sp³-hybridized carbons (Fsp3) is 0.769. The van der Waals surface area contributed by atoms with Crippen LogP contribution >= 0.6 is 11.8 Å². The minimum absolute atomic E-state index is 0.0404. The van der Waals surface area contributed by atoms with Gasteiger partial charge in [0.1, 0.15) is 0 Å². The summed E-state index contributed by atoms with van der Waals surface area (Å²) in [6, 6.07) is 0. The topological polar surface area (TPSA) is 66.5 Å². The summed E-state index contributed by atoms with van der Waals surface area (Å²) in [5.41, 5.74) is 0. The van der Waals surface area contributed by atoms with Crippen molar-refractivity contribution in [3.05, 3.63) is 0 Å². The molecule has 1 saturated carbocycles. The first-order valence-electron chi connectivity index (χ1n) is 6.90. The van der Waals surface area contributed by atoms with Gasteiger partial charge in [-0.25, -0.2) is 0 Å². The summed E-state index contributed by atoms with van der Waals surface area (Å²) < 4.78 is 0. The lowest BCUT2D eigenvalue weighted by atomic mass is 9.87. The van der Waals surface area contributed by atoms with Crippen LogP contribution in [0.4, 0.5) is 4.79 Å². The molecule has 0 bridgehead atoms. The summed E-state index contributed by atoms with van der Waals surface area (Å²) >= 11 is 1.03. The van der Waals surface area contributed by atoms with Crippen molar-refractivity contribution in [2.24, 2.45) is 5.92 Å². The van der Waals surface area contributed by atoms with Crippen molar-refractivity contribution in [2.75, 3.05) is 18.8 Å². The number of amides is 3. The molecule has 0 aromatic rings. The van der Waals surface area contributed by atoms with Crippen LogP contribution in [0.3, 0.4) is 0 Å². The Bertz CT molecular complexity index is 351. The van der Waals surface area contributed by atoms with Gasteiger partial charge in [0.2, 0.25) is 11.8 Å². The first-order valence-corrected chi connectivity index (χ1v) is 7.89. The van der Waals surface area contributed by atoms with E-state index in [0.29, 0.717) is 25.4 Å². The van der Waals surface area contributed by atoms with Crippen molar-refractivity contribution in [3.8, 4) is 0 Å². The van der Waals surface area contributed by atoms with Crippen LogP contribution in [0.25, 0.3) is 0 Å². The van der Waals surface area contributed by atoms with Crippen LogP contribution in [0.15, 0.2) is 0 Å². The van der Waals surface area contributed by atoms with E-state index in [1.165, 1.54) is 24.2 Å². The third-order valence-electron chi connectivity index (χ3n) is 3.70. The van der Waals surface area contributed by atoms with Crippen LogP contribution in [0.5, 0.6) is 0 Å². The Morgan fingerprint density at radius 1 is 1.26 bits per heavy atom. The normalized spacial score (nSPS) is 20.9. The summed E-state index contributed by atoms with van der Waals surface area (Å²) in [4.78, 5) is 35.6. The average molecular weight is 284 g/mol. The molecule has 5 nitrogen and oxygen atoms in total. The van der Waals surface area contributed by atoms with Crippen LogP contribution in [-0.2, 0) is 9.59 Å². The highest BCUT2D eigenvalue weighted by molar-refractivity contribution is 8.14. The molecule has 2 aliphatic rings. The Morgan fingerprint density at radius 3 is 2.63 bits per heavy atom. The van der Waals surface area contributed by atoms with Gasteiger partial charge in [-0.3, -0.25) is 19.3 Å². The van der Waals surface area contributed by atoms with Crippen molar-refractivity contribution >= 4 is 28.8 Å².